The van der Waals surface area contributed by atoms with Crippen molar-refractivity contribution in [2.24, 2.45) is 0 Å². The van der Waals surface area contributed by atoms with Crippen LogP contribution >= 0.6 is 0 Å². The molecule has 0 amide bonds. The van der Waals surface area contributed by atoms with Crippen molar-refractivity contribution in [3.63, 3.8) is 0 Å². The summed E-state index contributed by atoms with van der Waals surface area (Å²) in [6.45, 7) is 4.84. The van der Waals surface area contributed by atoms with E-state index in [1.54, 1.807) is 0 Å². The fraction of sp³-hybridized carbons (Fsp3) is 0.292. The van der Waals surface area contributed by atoms with E-state index in [-0.39, 0.29) is 5.56 Å². The molecule has 144 valence electrons. The van der Waals surface area contributed by atoms with Gasteiger partial charge in [-0.1, -0.05) is 36.9 Å². The van der Waals surface area contributed by atoms with E-state index in [0.717, 1.165) is 53.5 Å². The Morgan fingerprint density at radius 1 is 1.04 bits per heavy atom. The molecule has 1 saturated carbocycles. The predicted molar refractivity (Wildman–Crippen MR) is 113 cm³/mol. The molecule has 0 aliphatic heterocycles. The highest BCUT2D eigenvalue weighted by atomic mass is 16.5. The van der Waals surface area contributed by atoms with Crippen molar-refractivity contribution in [1.82, 2.24) is 4.57 Å². The van der Waals surface area contributed by atoms with Crippen molar-refractivity contribution in [1.29, 1.82) is 0 Å². The molecule has 1 aliphatic rings. The van der Waals surface area contributed by atoms with Crippen LogP contribution in [0.2, 0.25) is 0 Å². The quantitative estimate of drug-likeness (QED) is 0.375. The van der Waals surface area contributed by atoms with E-state index in [2.05, 4.69) is 6.58 Å². The highest BCUT2D eigenvalue weighted by Crippen LogP contribution is 2.37. The SMILES string of the molecule is C=COCCCCOc1ccc2c(c1)cc(-c1ccccc1)c(=O)n2C1CC1. The molecule has 0 N–H and O–H groups in total. The zero-order valence-electron chi connectivity index (χ0n) is 16.0. The molecule has 4 rings (SSSR count). The number of ether oxygens (including phenoxy) is 2. The molecule has 0 unspecified atom stereocenters. The number of nitrogens with zero attached hydrogens (tertiary/aromatic N) is 1. The number of pyridine rings is 1. The van der Waals surface area contributed by atoms with Gasteiger partial charge in [0.05, 0.1) is 25.0 Å². The van der Waals surface area contributed by atoms with E-state index in [1.807, 2.05) is 59.2 Å². The van der Waals surface area contributed by atoms with Crippen LogP contribution in [0.4, 0.5) is 0 Å². The lowest BCUT2D eigenvalue weighted by Gasteiger charge is -2.14. The molecule has 1 aliphatic carbocycles. The van der Waals surface area contributed by atoms with E-state index in [4.69, 9.17) is 9.47 Å². The number of fused-ring (bicyclic) bond motifs is 1. The molecule has 0 atom stereocenters. The minimum atomic E-state index is 0.0945. The van der Waals surface area contributed by atoms with E-state index in [0.29, 0.717) is 19.3 Å². The average molecular weight is 375 g/mol. The predicted octanol–water partition coefficient (Wildman–Crippen LogP) is 5.32. The van der Waals surface area contributed by atoms with Gasteiger partial charge in [-0.2, -0.15) is 0 Å². The van der Waals surface area contributed by atoms with Crippen molar-refractivity contribution < 1.29 is 9.47 Å². The molecule has 4 heteroatoms. The van der Waals surface area contributed by atoms with Crippen LogP contribution in [0.5, 0.6) is 5.75 Å². The topological polar surface area (TPSA) is 40.5 Å². The summed E-state index contributed by atoms with van der Waals surface area (Å²) in [7, 11) is 0. The summed E-state index contributed by atoms with van der Waals surface area (Å²) in [6.07, 6.45) is 5.45. The molecule has 4 nitrogen and oxygen atoms in total. The summed E-state index contributed by atoms with van der Waals surface area (Å²) in [4.78, 5) is 13.2. The van der Waals surface area contributed by atoms with Gasteiger partial charge in [0, 0.05) is 17.0 Å². The summed E-state index contributed by atoms with van der Waals surface area (Å²) in [5.74, 6) is 0.831. The molecule has 3 aromatic rings. The number of rotatable bonds is 9. The van der Waals surface area contributed by atoms with E-state index >= 15 is 0 Å². The summed E-state index contributed by atoms with van der Waals surface area (Å²) in [5.41, 5.74) is 2.78. The number of benzene rings is 2. The highest BCUT2D eigenvalue weighted by molar-refractivity contribution is 5.85. The molecular weight excluding hydrogens is 350 g/mol. The smallest absolute Gasteiger partial charge is 0.259 e. The van der Waals surface area contributed by atoms with Gasteiger partial charge >= 0.3 is 0 Å². The van der Waals surface area contributed by atoms with E-state index < -0.39 is 0 Å². The third kappa shape index (κ3) is 3.96. The fourth-order valence-electron chi connectivity index (χ4n) is 3.49. The maximum absolute atomic E-state index is 13.2. The molecule has 1 aromatic heterocycles. The molecule has 1 fully saturated rings. The molecule has 0 saturated heterocycles. The van der Waals surface area contributed by atoms with Crippen LogP contribution in [0.25, 0.3) is 22.0 Å². The molecule has 0 spiro atoms. The first-order chi connectivity index (χ1) is 13.8. The summed E-state index contributed by atoms with van der Waals surface area (Å²) >= 11 is 0. The maximum atomic E-state index is 13.2. The minimum Gasteiger partial charge on any atom is -0.502 e. The third-order valence-electron chi connectivity index (χ3n) is 5.05. The van der Waals surface area contributed by atoms with Crippen LogP contribution in [-0.4, -0.2) is 17.8 Å². The van der Waals surface area contributed by atoms with Gasteiger partial charge < -0.3 is 14.0 Å². The monoisotopic (exact) mass is 375 g/mol. The molecule has 2 aromatic carbocycles. The first-order valence-electron chi connectivity index (χ1n) is 9.88. The number of unbranched alkanes of at least 4 members (excludes halogenated alkanes) is 1. The minimum absolute atomic E-state index is 0.0945. The number of hydrogen-bond acceptors (Lipinski definition) is 3. The zero-order chi connectivity index (χ0) is 19.3. The van der Waals surface area contributed by atoms with Crippen LogP contribution in [0.3, 0.4) is 0 Å². The lowest BCUT2D eigenvalue weighted by Crippen LogP contribution is -2.21. The van der Waals surface area contributed by atoms with Crippen molar-refractivity contribution in [2.45, 2.75) is 31.7 Å². The Hall–Kier alpha value is -3.01. The Labute approximate surface area is 165 Å². The molecular formula is C24H25NO3. The van der Waals surface area contributed by atoms with Crippen LogP contribution in [0.1, 0.15) is 31.7 Å². The zero-order valence-corrected chi connectivity index (χ0v) is 16.0. The van der Waals surface area contributed by atoms with Crippen LogP contribution < -0.4 is 10.3 Å². The van der Waals surface area contributed by atoms with E-state index in [1.165, 1.54) is 6.26 Å². The van der Waals surface area contributed by atoms with Gasteiger partial charge in [-0.25, -0.2) is 0 Å². The van der Waals surface area contributed by atoms with Gasteiger partial charge in [-0.05, 0) is 55.5 Å². The third-order valence-corrected chi connectivity index (χ3v) is 5.05. The van der Waals surface area contributed by atoms with Crippen LogP contribution in [0.15, 0.2) is 72.2 Å². The Balaban J connectivity index is 1.63. The summed E-state index contributed by atoms with van der Waals surface area (Å²) in [6, 6.07) is 18.2. The standard InChI is InChI=1S/C24H25NO3/c1-2-27-14-6-7-15-28-21-12-13-23-19(16-21)17-22(18-8-4-3-5-9-18)24(26)25(23)20-10-11-20/h2-5,8-9,12-13,16-17,20H,1,6-7,10-11,14-15H2. The van der Waals surface area contributed by atoms with Crippen molar-refractivity contribution in [3.8, 4) is 16.9 Å². The molecule has 0 radical (unpaired) electrons. The molecule has 0 bridgehead atoms. The van der Waals surface area contributed by atoms with Crippen molar-refractivity contribution >= 4 is 10.9 Å². The number of hydrogen-bond donors (Lipinski definition) is 0. The molecule has 1 heterocycles. The normalized spacial score (nSPS) is 13.4. The van der Waals surface area contributed by atoms with Gasteiger partial charge in [0.25, 0.3) is 5.56 Å². The van der Waals surface area contributed by atoms with Crippen molar-refractivity contribution in [2.75, 3.05) is 13.2 Å². The Morgan fingerprint density at radius 3 is 2.57 bits per heavy atom. The van der Waals surface area contributed by atoms with Crippen LogP contribution in [-0.2, 0) is 4.74 Å². The van der Waals surface area contributed by atoms with Gasteiger partial charge in [-0.15, -0.1) is 0 Å². The average Bonchev–Trinajstić information content (AvgIpc) is 3.56. The second-order valence-corrected chi connectivity index (χ2v) is 7.14. The maximum Gasteiger partial charge on any atom is 0.259 e. The Kier molecular flexibility index (Phi) is 5.47. The molecule has 28 heavy (non-hydrogen) atoms. The van der Waals surface area contributed by atoms with Gasteiger partial charge in [0.1, 0.15) is 5.75 Å². The summed E-state index contributed by atoms with van der Waals surface area (Å²) in [5, 5.41) is 1.04. The van der Waals surface area contributed by atoms with Crippen molar-refractivity contribution in [3.05, 3.63) is 77.8 Å². The second kappa shape index (κ2) is 8.34. The van der Waals surface area contributed by atoms with Gasteiger partial charge in [0.2, 0.25) is 0 Å². The van der Waals surface area contributed by atoms with Gasteiger partial charge in [-0.3, -0.25) is 4.79 Å². The van der Waals surface area contributed by atoms with E-state index in [9.17, 15) is 4.79 Å². The second-order valence-electron chi connectivity index (χ2n) is 7.14. The lowest BCUT2D eigenvalue weighted by atomic mass is 10.0. The number of aromatic nitrogens is 1. The summed E-state index contributed by atoms with van der Waals surface area (Å²) < 4.78 is 13.0. The highest BCUT2D eigenvalue weighted by Gasteiger charge is 2.27. The Morgan fingerprint density at radius 2 is 1.82 bits per heavy atom. The fourth-order valence-corrected chi connectivity index (χ4v) is 3.49. The first-order valence-corrected chi connectivity index (χ1v) is 9.88. The largest absolute Gasteiger partial charge is 0.502 e. The Bertz CT molecular complexity index is 1020. The van der Waals surface area contributed by atoms with Crippen LogP contribution in [0, 0.1) is 0 Å². The first kappa shape index (κ1) is 18.4. The van der Waals surface area contributed by atoms with Gasteiger partial charge in [0.15, 0.2) is 0 Å². The lowest BCUT2D eigenvalue weighted by molar-refractivity contribution is 0.226.